The second-order valence-electron chi connectivity index (χ2n) is 5.81. The molecule has 3 heterocycles. The molecule has 3 aromatic heterocycles. The smallest absolute Gasteiger partial charge is 0.261 e. The first kappa shape index (κ1) is 17.8. The standard InChI is InChI=1S/C18H14N6O3S/c1-2-24-16(13-4-3-7-26-13)21-22-17(24)14(28)15-20-18(27-23-15)11-8-10(9-19)5-6-12(11)25/h3-8,14,25,28H,2H2,1H3. The maximum atomic E-state index is 10.0. The number of phenols is 1. The summed E-state index contributed by atoms with van der Waals surface area (Å²) < 4.78 is 12.5. The predicted octanol–water partition coefficient (Wildman–Crippen LogP) is 3.20. The molecule has 0 saturated heterocycles. The van der Waals surface area contributed by atoms with Gasteiger partial charge in [-0.15, -0.1) is 10.2 Å². The highest BCUT2D eigenvalue weighted by Gasteiger charge is 2.26. The lowest BCUT2D eigenvalue weighted by Crippen LogP contribution is -2.08. The monoisotopic (exact) mass is 394 g/mol. The summed E-state index contributed by atoms with van der Waals surface area (Å²) in [6.07, 6.45) is 1.56. The predicted molar refractivity (Wildman–Crippen MR) is 100 cm³/mol. The molecule has 0 bridgehead atoms. The van der Waals surface area contributed by atoms with Crippen molar-refractivity contribution in [3.63, 3.8) is 0 Å². The van der Waals surface area contributed by atoms with Crippen LogP contribution in [0.25, 0.3) is 23.0 Å². The molecule has 1 aromatic carbocycles. The van der Waals surface area contributed by atoms with E-state index in [0.717, 1.165) is 0 Å². The number of aromatic nitrogens is 5. The topological polar surface area (TPSA) is 127 Å². The van der Waals surface area contributed by atoms with E-state index in [1.165, 1.54) is 18.2 Å². The van der Waals surface area contributed by atoms with Crippen molar-refractivity contribution in [3.05, 3.63) is 53.8 Å². The largest absolute Gasteiger partial charge is 0.507 e. The van der Waals surface area contributed by atoms with E-state index >= 15 is 0 Å². The molecule has 140 valence electrons. The van der Waals surface area contributed by atoms with Crippen molar-refractivity contribution in [2.45, 2.75) is 18.7 Å². The molecule has 10 heteroatoms. The van der Waals surface area contributed by atoms with Crippen molar-refractivity contribution in [1.82, 2.24) is 24.9 Å². The Morgan fingerprint density at radius 1 is 1.32 bits per heavy atom. The first-order chi connectivity index (χ1) is 13.6. The molecule has 0 aliphatic heterocycles. The van der Waals surface area contributed by atoms with Crippen LogP contribution in [0.4, 0.5) is 0 Å². The van der Waals surface area contributed by atoms with Crippen LogP contribution in [-0.4, -0.2) is 30.0 Å². The molecular weight excluding hydrogens is 380 g/mol. The van der Waals surface area contributed by atoms with Gasteiger partial charge in [-0.05, 0) is 37.3 Å². The van der Waals surface area contributed by atoms with E-state index in [1.807, 2.05) is 17.6 Å². The Labute approximate surface area is 164 Å². The van der Waals surface area contributed by atoms with Gasteiger partial charge >= 0.3 is 0 Å². The number of hydrogen-bond donors (Lipinski definition) is 2. The number of hydrogen-bond acceptors (Lipinski definition) is 9. The Morgan fingerprint density at radius 2 is 2.18 bits per heavy atom. The molecule has 9 nitrogen and oxygen atoms in total. The number of nitrogens with zero attached hydrogens (tertiary/aromatic N) is 6. The first-order valence-electron chi connectivity index (χ1n) is 8.34. The Hall–Kier alpha value is -3.58. The van der Waals surface area contributed by atoms with Crippen molar-refractivity contribution < 1.29 is 14.0 Å². The lowest BCUT2D eigenvalue weighted by Gasteiger charge is -2.09. The lowest BCUT2D eigenvalue weighted by atomic mass is 10.1. The number of nitriles is 1. The number of benzene rings is 1. The quantitative estimate of drug-likeness (QED) is 0.494. The van der Waals surface area contributed by atoms with Crippen LogP contribution >= 0.6 is 12.6 Å². The van der Waals surface area contributed by atoms with Gasteiger partial charge in [-0.2, -0.15) is 22.9 Å². The fraction of sp³-hybridized carbons (Fsp3) is 0.167. The van der Waals surface area contributed by atoms with Gasteiger partial charge in [0.25, 0.3) is 5.89 Å². The van der Waals surface area contributed by atoms with Gasteiger partial charge in [0.1, 0.15) is 11.0 Å². The highest BCUT2D eigenvalue weighted by atomic mass is 32.1. The second kappa shape index (κ2) is 7.21. The van der Waals surface area contributed by atoms with Gasteiger partial charge in [-0.25, -0.2) is 0 Å². The van der Waals surface area contributed by atoms with Gasteiger partial charge in [-0.3, -0.25) is 0 Å². The third-order valence-corrected chi connectivity index (χ3v) is 4.59. The summed E-state index contributed by atoms with van der Waals surface area (Å²) in [5, 5.41) is 30.8. The number of thiol groups is 1. The van der Waals surface area contributed by atoms with Crippen LogP contribution in [0, 0.1) is 11.3 Å². The summed E-state index contributed by atoms with van der Waals surface area (Å²) in [5.41, 5.74) is 0.635. The van der Waals surface area contributed by atoms with Crippen LogP contribution in [-0.2, 0) is 6.54 Å². The number of furan rings is 1. The molecular formula is C18H14N6O3S. The first-order valence-corrected chi connectivity index (χ1v) is 8.86. The van der Waals surface area contributed by atoms with E-state index in [0.29, 0.717) is 29.5 Å². The van der Waals surface area contributed by atoms with E-state index < -0.39 is 5.25 Å². The maximum absolute atomic E-state index is 10.0. The van der Waals surface area contributed by atoms with E-state index in [-0.39, 0.29) is 23.0 Å². The minimum atomic E-state index is -0.616. The van der Waals surface area contributed by atoms with Gasteiger partial charge in [0.15, 0.2) is 23.2 Å². The fourth-order valence-corrected chi connectivity index (χ4v) is 3.06. The van der Waals surface area contributed by atoms with Gasteiger partial charge in [0, 0.05) is 6.54 Å². The maximum Gasteiger partial charge on any atom is 0.261 e. The lowest BCUT2D eigenvalue weighted by molar-refractivity contribution is 0.417. The molecule has 1 unspecified atom stereocenters. The van der Waals surface area contributed by atoms with Crippen LogP contribution in [0.1, 0.15) is 29.4 Å². The zero-order chi connectivity index (χ0) is 19.7. The second-order valence-corrected chi connectivity index (χ2v) is 6.32. The minimum absolute atomic E-state index is 0.0678. The summed E-state index contributed by atoms with van der Waals surface area (Å²) >= 11 is 4.58. The molecule has 0 saturated carbocycles. The Morgan fingerprint density at radius 3 is 2.89 bits per heavy atom. The molecule has 1 atom stereocenters. The van der Waals surface area contributed by atoms with E-state index in [4.69, 9.17) is 14.2 Å². The van der Waals surface area contributed by atoms with E-state index in [1.54, 1.807) is 18.4 Å². The highest BCUT2D eigenvalue weighted by Crippen LogP contribution is 2.32. The number of phenolic OH excluding ortho intramolecular Hbond substituents is 1. The molecule has 0 amide bonds. The molecule has 0 fully saturated rings. The molecule has 0 aliphatic carbocycles. The summed E-state index contributed by atoms with van der Waals surface area (Å²) in [6.45, 7) is 2.54. The third kappa shape index (κ3) is 3.01. The van der Waals surface area contributed by atoms with Crippen LogP contribution in [0.3, 0.4) is 0 Å². The summed E-state index contributed by atoms with van der Waals surface area (Å²) in [5.74, 6) is 1.96. The van der Waals surface area contributed by atoms with Crippen LogP contribution in [0.5, 0.6) is 5.75 Å². The molecule has 0 aliphatic rings. The average Bonchev–Trinajstić information content (AvgIpc) is 3.47. The van der Waals surface area contributed by atoms with Crippen molar-refractivity contribution >= 4 is 12.6 Å². The summed E-state index contributed by atoms with van der Waals surface area (Å²) in [6, 6.07) is 9.95. The molecule has 1 N–H and O–H groups in total. The average molecular weight is 394 g/mol. The van der Waals surface area contributed by atoms with Gasteiger partial charge in [0.05, 0.1) is 23.5 Å². The molecule has 4 aromatic rings. The zero-order valence-electron chi connectivity index (χ0n) is 14.6. The van der Waals surface area contributed by atoms with E-state index in [9.17, 15) is 5.11 Å². The van der Waals surface area contributed by atoms with Crippen molar-refractivity contribution in [2.75, 3.05) is 0 Å². The zero-order valence-corrected chi connectivity index (χ0v) is 15.5. The van der Waals surface area contributed by atoms with Crippen molar-refractivity contribution in [2.24, 2.45) is 0 Å². The Kier molecular flexibility index (Phi) is 4.58. The normalized spacial score (nSPS) is 12.0. The number of rotatable bonds is 5. The summed E-state index contributed by atoms with van der Waals surface area (Å²) in [4.78, 5) is 4.31. The summed E-state index contributed by atoms with van der Waals surface area (Å²) in [7, 11) is 0. The van der Waals surface area contributed by atoms with Crippen molar-refractivity contribution in [3.8, 4) is 34.9 Å². The van der Waals surface area contributed by atoms with Crippen molar-refractivity contribution in [1.29, 1.82) is 5.26 Å². The van der Waals surface area contributed by atoms with Crippen LogP contribution < -0.4 is 0 Å². The Balaban J connectivity index is 1.70. The van der Waals surface area contributed by atoms with Gasteiger partial charge < -0.3 is 18.6 Å². The molecule has 0 spiro atoms. The van der Waals surface area contributed by atoms with Crippen LogP contribution in [0.15, 0.2) is 45.5 Å². The Bertz CT molecular complexity index is 1160. The number of aromatic hydroxyl groups is 1. The van der Waals surface area contributed by atoms with Gasteiger partial charge in [0.2, 0.25) is 0 Å². The highest BCUT2D eigenvalue weighted by molar-refractivity contribution is 7.80. The molecule has 4 rings (SSSR count). The SMILES string of the molecule is CCn1c(-c2ccco2)nnc1C(S)c1noc(-c2cc(C#N)ccc2O)n1. The molecule has 28 heavy (non-hydrogen) atoms. The minimum Gasteiger partial charge on any atom is -0.507 e. The molecule has 0 radical (unpaired) electrons. The van der Waals surface area contributed by atoms with Crippen LogP contribution in [0.2, 0.25) is 0 Å². The fourth-order valence-electron chi connectivity index (χ4n) is 2.76. The third-order valence-electron chi connectivity index (χ3n) is 4.12. The van der Waals surface area contributed by atoms with Gasteiger partial charge in [-0.1, -0.05) is 5.16 Å². The van der Waals surface area contributed by atoms with E-state index in [2.05, 4.69) is 33.0 Å².